The fourth-order valence-corrected chi connectivity index (χ4v) is 6.91. The number of aromatic nitrogens is 3. The third-order valence-corrected chi connectivity index (χ3v) is 9.31. The van der Waals surface area contributed by atoms with Crippen LogP contribution in [0.4, 0.5) is 10.7 Å². The summed E-state index contributed by atoms with van der Waals surface area (Å²) in [6.45, 7) is 6.37. The lowest BCUT2D eigenvalue weighted by atomic mass is 10.0. The molecule has 2 saturated heterocycles. The molecule has 3 rings (SSSR count). The molecular weight excluding hydrogens is 694 g/mol. The van der Waals surface area contributed by atoms with Crippen molar-refractivity contribution in [1.82, 2.24) is 25.6 Å². The standard InChI is InChI=1S/C31H52ClN9O8S/c32-29-37-27(38-30(40-29)34-9-13-46-17-21-49-22-18-47-14-10-35-41-33)8-4-12-45-16-20-48-19-15-44-11-3-6-24(42)5-1-2-7-26-28-25(23-50-26)36-31(43)39-28/h25-26,28H,1-23H2,(H2,36,39,43)(H,34,37,38,40)/t25-,26-,28-/m0/s1. The number of hydrogen-bond donors (Lipinski definition) is 3. The van der Waals surface area contributed by atoms with Gasteiger partial charge in [-0.1, -0.05) is 11.5 Å². The van der Waals surface area contributed by atoms with Crippen LogP contribution < -0.4 is 16.0 Å². The number of amides is 2. The van der Waals surface area contributed by atoms with Crippen molar-refractivity contribution in [3.8, 4) is 0 Å². The van der Waals surface area contributed by atoms with Gasteiger partial charge in [0.1, 0.15) is 11.6 Å². The van der Waals surface area contributed by atoms with E-state index in [0.717, 1.165) is 37.9 Å². The van der Waals surface area contributed by atoms with Crippen LogP contribution in [0, 0.1) is 0 Å². The number of rotatable bonds is 32. The maximum absolute atomic E-state index is 12.2. The zero-order chi connectivity index (χ0) is 35.5. The lowest BCUT2D eigenvalue weighted by Crippen LogP contribution is -2.36. The van der Waals surface area contributed by atoms with Crippen molar-refractivity contribution in [3.05, 3.63) is 21.6 Å². The van der Waals surface area contributed by atoms with Crippen molar-refractivity contribution in [2.45, 2.75) is 68.7 Å². The van der Waals surface area contributed by atoms with Gasteiger partial charge in [-0.3, -0.25) is 4.79 Å². The predicted octanol–water partition coefficient (Wildman–Crippen LogP) is 3.35. The molecule has 0 unspecified atom stereocenters. The van der Waals surface area contributed by atoms with Crippen LogP contribution in [-0.4, -0.2) is 142 Å². The van der Waals surface area contributed by atoms with Gasteiger partial charge in [-0.05, 0) is 42.8 Å². The molecule has 3 atom stereocenters. The smallest absolute Gasteiger partial charge is 0.315 e. The van der Waals surface area contributed by atoms with Crippen LogP contribution in [0.15, 0.2) is 5.11 Å². The number of carbonyl (C=O) groups is 2. The first kappa shape index (κ1) is 41.9. The van der Waals surface area contributed by atoms with Crippen LogP contribution in [-0.2, 0) is 39.6 Å². The van der Waals surface area contributed by atoms with E-state index in [1.165, 1.54) is 0 Å². The molecule has 17 nitrogen and oxygen atoms in total. The Bertz CT molecular complexity index is 1160. The molecule has 1 aromatic heterocycles. The van der Waals surface area contributed by atoms with Gasteiger partial charge in [-0.2, -0.15) is 21.7 Å². The van der Waals surface area contributed by atoms with Crippen molar-refractivity contribution >= 4 is 41.1 Å². The molecule has 0 spiro atoms. The minimum Gasteiger partial charge on any atom is -0.379 e. The molecule has 282 valence electrons. The van der Waals surface area contributed by atoms with E-state index in [-0.39, 0.29) is 29.2 Å². The van der Waals surface area contributed by atoms with Crippen LogP contribution >= 0.6 is 23.4 Å². The summed E-state index contributed by atoms with van der Waals surface area (Å²) in [5.41, 5.74) is 8.18. The Morgan fingerprint density at radius 3 is 2.20 bits per heavy atom. The average Bonchev–Trinajstić information content (AvgIpc) is 3.66. The number of unbranched alkanes of at least 4 members (excludes halogenated alkanes) is 1. The number of carbonyl (C=O) groups excluding carboxylic acids is 2. The van der Waals surface area contributed by atoms with Crippen molar-refractivity contribution in [3.63, 3.8) is 0 Å². The Morgan fingerprint density at radius 2 is 1.48 bits per heavy atom. The van der Waals surface area contributed by atoms with E-state index in [1.54, 1.807) is 0 Å². The number of fused-ring (bicyclic) bond motifs is 1. The molecule has 2 aliphatic rings. The Kier molecular flexibility index (Phi) is 22.7. The molecule has 0 saturated carbocycles. The van der Waals surface area contributed by atoms with E-state index in [4.69, 9.17) is 45.6 Å². The molecule has 19 heteroatoms. The van der Waals surface area contributed by atoms with E-state index >= 15 is 0 Å². The van der Waals surface area contributed by atoms with E-state index in [2.05, 4.69) is 40.9 Å². The lowest BCUT2D eigenvalue weighted by molar-refractivity contribution is -0.119. The second kappa shape index (κ2) is 27.2. The monoisotopic (exact) mass is 745 g/mol. The van der Waals surface area contributed by atoms with Crippen LogP contribution in [0.1, 0.15) is 50.8 Å². The molecule has 3 heterocycles. The number of azide groups is 1. The summed E-state index contributed by atoms with van der Waals surface area (Å²) in [6, 6.07) is 0.426. The van der Waals surface area contributed by atoms with Gasteiger partial charge in [0.15, 0.2) is 0 Å². The summed E-state index contributed by atoms with van der Waals surface area (Å²) in [7, 11) is 0. The highest BCUT2D eigenvalue weighted by molar-refractivity contribution is 8.00. The molecule has 2 amide bonds. The van der Waals surface area contributed by atoms with Crippen molar-refractivity contribution in [2.75, 3.05) is 103 Å². The molecule has 0 aromatic carbocycles. The number of urea groups is 1. The van der Waals surface area contributed by atoms with Gasteiger partial charge in [-0.15, -0.1) is 0 Å². The molecule has 50 heavy (non-hydrogen) atoms. The molecule has 1 aromatic rings. The molecule has 2 fully saturated rings. The first-order valence-electron chi connectivity index (χ1n) is 17.4. The normalized spacial score (nSPS) is 18.0. The Labute approximate surface area is 303 Å². The molecular formula is C31H52ClN9O8S. The highest BCUT2D eigenvalue weighted by atomic mass is 35.5. The maximum Gasteiger partial charge on any atom is 0.315 e. The van der Waals surface area contributed by atoms with Gasteiger partial charge in [0.25, 0.3) is 0 Å². The number of aryl methyl sites for hydroxylation is 1. The van der Waals surface area contributed by atoms with Crippen molar-refractivity contribution < 1.29 is 38.0 Å². The van der Waals surface area contributed by atoms with Gasteiger partial charge in [0, 0.05) is 61.5 Å². The quantitative estimate of drug-likeness (QED) is 0.0318. The zero-order valence-electron chi connectivity index (χ0n) is 28.7. The summed E-state index contributed by atoms with van der Waals surface area (Å²) in [6.07, 6.45) is 6.12. The topological polar surface area (TPSA) is 213 Å². The van der Waals surface area contributed by atoms with Crippen molar-refractivity contribution in [1.29, 1.82) is 0 Å². The fourth-order valence-electron chi connectivity index (χ4n) is 5.19. The fraction of sp³-hybridized carbons (Fsp3) is 0.839. The largest absolute Gasteiger partial charge is 0.379 e. The summed E-state index contributed by atoms with van der Waals surface area (Å²) < 4.78 is 33.0. The van der Waals surface area contributed by atoms with Gasteiger partial charge >= 0.3 is 6.03 Å². The second-order valence-corrected chi connectivity index (χ2v) is 13.1. The third kappa shape index (κ3) is 19.2. The van der Waals surface area contributed by atoms with Gasteiger partial charge in [0.05, 0.1) is 78.2 Å². The summed E-state index contributed by atoms with van der Waals surface area (Å²) in [5.74, 6) is 2.22. The number of anilines is 1. The number of ether oxygens (including phenoxy) is 6. The minimum atomic E-state index is -0.0559. The van der Waals surface area contributed by atoms with E-state index in [9.17, 15) is 9.59 Å². The van der Waals surface area contributed by atoms with E-state index in [0.29, 0.717) is 129 Å². The van der Waals surface area contributed by atoms with E-state index < -0.39 is 0 Å². The number of nitrogens with one attached hydrogen (secondary N) is 3. The van der Waals surface area contributed by atoms with Gasteiger partial charge < -0.3 is 44.4 Å². The van der Waals surface area contributed by atoms with Crippen molar-refractivity contribution in [2.24, 2.45) is 5.11 Å². The molecule has 0 bridgehead atoms. The molecule has 3 N–H and O–H groups in total. The molecule has 0 radical (unpaired) electrons. The Morgan fingerprint density at radius 1 is 0.840 bits per heavy atom. The van der Waals surface area contributed by atoms with Gasteiger partial charge in [0.2, 0.25) is 11.2 Å². The molecule has 0 aliphatic carbocycles. The van der Waals surface area contributed by atoms with Crippen LogP contribution in [0.3, 0.4) is 0 Å². The first-order chi connectivity index (χ1) is 24.5. The second-order valence-electron chi connectivity index (χ2n) is 11.5. The number of nitrogens with zero attached hydrogens (tertiary/aromatic N) is 6. The molecule has 2 aliphatic heterocycles. The third-order valence-electron chi connectivity index (χ3n) is 7.64. The number of ketones is 1. The Hall–Kier alpha value is -2.54. The average molecular weight is 746 g/mol. The van der Waals surface area contributed by atoms with Crippen LogP contribution in [0.2, 0.25) is 5.28 Å². The Balaban J connectivity index is 1.05. The van der Waals surface area contributed by atoms with E-state index in [1.807, 2.05) is 11.8 Å². The highest BCUT2D eigenvalue weighted by Crippen LogP contribution is 2.33. The number of Topliss-reactive ketones (excluding diaryl/α,β-unsaturated/α-hetero) is 1. The summed E-state index contributed by atoms with van der Waals surface area (Å²) >= 11 is 7.98. The predicted molar refractivity (Wildman–Crippen MR) is 189 cm³/mol. The summed E-state index contributed by atoms with van der Waals surface area (Å²) in [5, 5.41) is 13.0. The number of halogens is 1. The first-order valence-corrected chi connectivity index (χ1v) is 18.8. The highest BCUT2D eigenvalue weighted by Gasteiger charge is 2.42. The maximum atomic E-state index is 12.2. The lowest BCUT2D eigenvalue weighted by Gasteiger charge is -2.16. The number of thioether (sulfide) groups is 1. The zero-order valence-corrected chi connectivity index (χ0v) is 30.3. The van der Waals surface area contributed by atoms with Gasteiger partial charge in [-0.25, -0.2) is 9.78 Å². The van der Waals surface area contributed by atoms with Crippen LogP contribution in [0.5, 0.6) is 0 Å². The van der Waals surface area contributed by atoms with Crippen LogP contribution in [0.25, 0.3) is 10.4 Å². The number of hydrogen-bond acceptors (Lipinski definition) is 14. The SMILES string of the molecule is [N-]=[N+]=NCCOCCOCCOCCNc1nc(Cl)nc(CCCOCCOCCOCCCC(=O)CCCC[C@@H]2SC[C@@H]3NC(=O)N[C@@H]32)n1. The summed E-state index contributed by atoms with van der Waals surface area (Å²) in [4.78, 5) is 39.0. The minimum absolute atomic E-state index is 0.0559.